The normalized spacial score (nSPS) is 11.6. The van der Waals surface area contributed by atoms with Gasteiger partial charge in [0.1, 0.15) is 0 Å². The number of benzene rings is 8. The molecular weight excluding hydrogens is 605 g/mol. The van der Waals surface area contributed by atoms with Crippen LogP contribution >= 0.6 is 0 Å². The van der Waals surface area contributed by atoms with E-state index in [1.807, 2.05) is 0 Å². The van der Waals surface area contributed by atoms with Crippen LogP contribution in [0.25, 0.3) is 88.4 Å². The summed E-state index contributed by atoms with van der Waals surface area (Å²) in [5.41, 5.74) is 14.3. The van der Waals surface area contributed by atoms with Gasteiger partial charge in [0.2, 0.25) is 0 Å². The predicted octanol–water partition coefficient (Wildman–Crippen LogP) is 12.9. The second-order valence-corrected chi connectivity index (χ2v) is 13.0. The first-order valence-electron chi connectivity index (χ1n) is 17.2. The van der Waals surface area contributed by atoms with Crippen LogP contribution in [0.15, 0.2) is 194 Å². The number of aromatic nitrogens is 2. The molecule has 2 heterocycles. The summed E-state index contributed by atoms with van der Waals surface area (Å²) in [4.78, 5) is 0. The van der Waals surface area contributed by atoms with Crippen LogP contribution in [0.4, 0.5) is 0 Å². The van der Waals surface area contributed by atoms with Crippen molar-refractivity contribution in [2.75, 3.05) is 0 Å². The number of para-hydroxylation sites is 3. The van der Waals surface area contributed by atoms with E-state index in [-0.39, 0.29) is 0 Å². The number of nitrogens with zero attached hydrogens (tertiary/aromatic N) is 2. The van der Waals surface area contributed by atoms with Crippen LogP contribution in [-0.2, 0) is 0 Å². The molecule has 0 saturated heterocycles. The van der Waals surface area contributed by atoms with E-state index in [0.717, 1.165) is 11.4 Å². The summed E-state index contributed by atoms with van der Waals surface area (Å²) in [5, 5.41) is 4.97. The lowest BCUT2D eigenvalue weighted by Gasteiger charge is -2.16. The Morgan fingerprint density at radius 2 is 0.740 bits per heavy atom. The highest BCUT2D eigenvalue weighted by molar-refractivity contribution is 6.28. The van der Waals surface area contributed by atoms with Gasteiger partial charge in [0, 0.05) is 32.9 Å². The Balaban J connectivity index is 1.44. The van der Waals surface area contributed by atoms with Crippen molar-refractivity contribution in [3.63, 3.8) is 0 Å². The van der Waals surface area contributed by atoms with Crippen molar-refractivity contribution in [2.45, 2.75) is 0 Å². The molecule has 0 spiro atoms. The van der Waals surface area contributed by atoms with Crippen molar-refractivity contribution in [2.24, 2.45) is 0 Å². The second-order valence-electron chi connectivity index (χ2n) is 13.0. The van der Waals surface area contributed by atoms with Crippen LogP contribution in [0.3, 0.4) is 0 Å². The molecule has 0 radical (unpaired) electrons. The minimum atomic E-state index is 1.13. The highest BCUT2D eigenvalue weighted by atomic mass is 15.0. The average molecular weight is 637 g/mol. The molecule has 0 amide bonds. The summed E-state index contributed by atoms with van der Waals surface area (Å²) in [7, 11) is 0. The maximum atomic E-state index is 2.51. The smallest absolute Gasteiger partial charge is 0.0795 e. The number of hydrogen-bond donors (Lipinski definition) is 0. The Bertz CT molecular complexity index is 2770. The van der Waals surface area contributed by atoms with E-state index in [4.69, 9.17) is 0 Å². The molecule has 0 aliphatic heterocycles. The summed E-state index contributed by atoms with van der Waals surface area (Å²) < 4.78 is 4.99. The van der Waals surface area contributed by atoms with Gasteiger partial charge in [-0.1, -0.05) is 146 Å². The quantitative estimate of drug-likeness (QED) is 0.178. The molecule has 0 N–H and O–H groups in total. The molecule has 2 nitrogen and oxygen atoms in total. The van der Waals surface area contributed by atoms with Crippen molar-refractivity contribution in [1.29, 1.82) is 0 Å². The maximum absolute atomic E-state index is 2.51. The first kappa shape index (κ1) is 28.4. The highest BCUT2D eigenvalue weighted by Crippen LogP contribution is 2.46. The zero-order valence-electron chi connectivity index (χ0n) is 27.4. The lowest BCUT2D eigenvalue weighted by atomic mass is 9.96. The predicted molar refractivity (Wildman–Crippen MR) is 211 cm³/mol. The molecule has 0 atom stereocenters. The zero-order chi connectivity index (χ0) is 33.0. The fraction of sp³-hybridized carbons (Fsp3) is 0. The van der Waals surface area contributed by atoms with Crippen LogP contribution in [0.5, 0.6) is 0 Å². The van der Waals surface area contributed by atoms with Gasteiger partial charge in [-0.25, -0.2) is 0 Å². The summed E-state index contributed by atoms with van der Waals surface area (Å²) in [5.74, 6) is 0. The van der Waals surface area contributed by atoms with Gasteiger partial charge in [-0.05, 0) is 81.9 Å². The van der Waals surface area contributed by atoms with Crippen molar-refractivity contribution < 1.29 is 0 Å². The molecular formula is C48H32N2. The maximum Gasteiger partial charge on any atom is 0.0795 e. The molecule has 0 unspecified atom stereocenters. The van der Waals surface area contributed by atoms with Crippen LogP contribution in [0.2, 0.25) is 0 Å². The van der Waals surface area contributed by atoms with Gasteiger partial charge in [-0.2, -0.15) is 0 Å². The third kappa shape index (κ3) is 4.43. The van der Waals surface area contributed by atoms with Crippen molar-refractivity contribution in [3.8, 4) is 44.8 Å². The van der Waals surface area contributed by atoms with Gasteiger partial charge in [-0.15, -0.1) is 0 Å². The summed E-state index contributed by atoms with van der Waals surface area (Å²) >= 11 is 0. The van der Waals surface area contributed by atoms with E-state index < -0.39 is 0 Å². The highest BCUT2D eigenvalue weighted by Gasteiger charge is 2.24. The molecule has 0 saturated carbocycles. The second kappa shape index (κ2) is 11.5. The van der Waals surface area contributed by atoms with Crippen LogP contribution < -0.4 is 0 Å². The molecule has 0 aliphatic carbocycles. The van der Waals surface area contributed by atoms with Crippen molar-refractivity contribution >= 4 is 43.6 Å². The van der Waals surface area contributed by atoms with E-state index >= 15 is 0 Å². The van der Waals surface area contributed by atoms with Gasteiger partial charge >= 0.3 is 0 Å². The SMILES string of the molecule is c1ccc(-c2cc(-c3ccccc3)cc(-n3c4ccccc4c4cc(-c5ccccc5)c5c6ccccc6n(-c6ccccc6)c5c43)c2)cc1. The monoisotopic (exact) mass is 636 g/mol. The van der Waals surface area contributed by atoms with E-state index in [2.05, 4.69) is 203 Å². The van der Waals surface area contributed by atoms with Gasteiger partial charge < -0.3 is 9.13 Å². The lowest BCUT2D eigenvalue weighted by Crippen LogP contribution is -2.00. The molecule has 0 fully saturated rings. The van der Waals surface area contributed by atoms with Crippen LogP contribution in [0.1, 0.15) is 0 Å². The van der Waals surface area contributed by atoms with E-state index in [1.54, 1.807) is 0 Å². The summed E-state index contributed by atoms with van der Waals surface area (Å²) in [6.45, 7) is 0. The average Bonchev–Trinajstić information content (AvgIpc) is 3.72. The molecule has 10 aromatic rings. The molecule has 0 aliphatic rings. The van der Waals surface area contributed by atoms with E-state index in [1.165, 1.54) is 77.0 Å². The molecule has 10 rings (SSSR count). The molecule has 234 valence electrons. The van der Waals surface area contributed by atoms with Gasteiger partial charge in [0.25, 0.3) is 0 Å². The largest absolute Gasteiger partial charge is 0.307 e. The van der Waals surface area contributed by atoms with Gasteiger partial charge in [-0.3, -0.25) is 0 Å². The Morgan fingerprint density at radius 1 is 0.280 bits per heavy atom. The number of hydrogen-bond acceptors (Lipinski definition) is 0. The minimum Gasteiger partial charge on any atom is -0.307 e. The van der Waals surface area contributed by atoms with E-state index in [0.29, 0.717) is 0 Å². The fourth-order valence-electron chi connectivity index (χ4n) is 7.89. The first-order valence-corrected chi connectivity index (χ1v) is 17.2. The lowest BCUT2D eigenvalue weighted by molar-refractivity contribution is 1.15. The Labute approximate surface area is 290 Å². The number of rotatable bonds is 5. The Hall–Kier alpha value is -6.64. The fourth-order valence-corrected chi connectivity index (χ4v) is 7.89. The summed E-state index contributed by atoms with van der Waals surface area (Å²) in [6.07, 6.45) is 0. The minimum absolute atomic E-state index is 1.13. The molecule has 2 aromatic heterocycles. The van der Waals surface area contributed by atoms with E-state index in [9.17, 15) is 0 Å². The third-order valence-corrected chi connectivity index (χ3v) is 10.1. The number of fused-ring (bicyclic) bond motifs is 7. The standard InChI is InChI=1S/C48H32N2/c1-5-17-33(18-6-1)36-29-37(34-19-7-2-8-20-34)31-39(30-36)50-44-27-15-13-25-40(44)43-32-42(35-21-9-3-10-22-35)46-41-26-14-16-28-45(41)49(48(46)47(43)50)38-23-11-4-12-24-38/h1-32H. The molecule has 0 bridgehead atoms. The topological polar surface area (TPSA) is 9.86 Å². The third-order valence-electron chi connectivity index (χ3n) is 10.1. The van der Waals surface area contributed by atoms with Crippen molar-refractivity contribution in [1.82, 2.24) is 9.13 Å². The van der Waals surface area contributed by atoms with Crippen molar-refractivity contribution in [3.05, 3.63) is 194 Å². The Kier molecular flexibility index (Phi) is 6.53. The molecule has 2 heteroatoms. The van der Waals surface area contributed by atoms with Crippen LogP contribution in [0, 0.1) is 0 Å². The van der Waals surface area contributed by atoms with Gasteiger partial charge in [0.15, 0.2) is 0 Å². The van der Waals surface area contributed by atoms with Gasteiger partial charge in [0.05, 0.1) is 22.1 Å². The van der Waals surface area contributed by atoms with Crippen LogP contribution in [-0.4, -0.2) is 9.13 Å². The molecule has 50 heavy (non-hydrogen) atoms. The first-order chi connectivity index (χ1) is 24.8. The Morgan fingerprint density at radius 3 is 1.34 bits per heavy atom. The summed E-state index contributed by atoms with van der Waals surface area (Å²) in [6, 6.07) is 70.4. The zero-order valence-corrected chi connectivity index (χ0v) is 27.4. The molecule has 8 aromatic carbocycles.